The van der Waals surface area contributed by atoms with Crippen LogP contribution in [-0.2, 0) is 0 Å². The molecule has 0 amide bonds. The molecular formula is C13H22N2. The summed E-state index contributed by atoms with van der Waals surface area (Å²) in [4.78, 5) is 2.39. The topological polar surface area (TPSA) is 27.1 Å². The van der Waals surface area contributed by atoms with Gasteiger partial charge in [-0.25, -0.2) is 0 Å². The average Bonchev–Trinajstić information content (AvgIpc) is 3.11. The van der Waals surface area contributed by atoms with Crippen molar-refractivity contribution in [1.82, 2.24) is 4.90 Å². The molecule has 3 rings (SSSR count). The molecule has 2 nitrogen and oxygen atoms in total. The van der Waals surface area contributed by atoms with Crippen molar-refractivity contribution < 1.29 is 0 Å². The Bertz CT molecular complexity index is 257. The summed E-state index contributed by atoms with van der Waals surface area (Å²) in [5, 5.41) is 8.13. The number of nitrogens with one attached hydrogen (secondary N) is 1. The fraction of sp³-hybridized carbons (Fsp3) is 0.923. The van der Waals surface area contributed by atoms with Gasteiger partial charge >= 0.3 is 0 Å². The molecule has 2 heteroatoms. The standard InChI is InChI=1S/C13H22N2/c14-13(11-5-6-11)15-8-7-10-3-1-2-4-12(10)9-15/h10-12,14H,1-9H2. The first-order chi connectivity index (χ1) is 7.34. The second-order valence-corrected chi connectivity index (χ2v) is 5.70. The van der Waals surface area contributed by atoms with Crippen molar-refractivity contribution in [2.45, 2.75) is 44.9 Å². The van der Waals surface area contributed by atoms with Gasteiger partial charge in [0.15, 0.2) is 0 Å². The Morgan fingerprint density at radius 2 is 1.67 bits per heavy atom. The van der Waals surface area contributed by atoms with E-state index in [4.69, 9.17) is 5.41 Å². The first-order valence-electron chi connectivity index (χ1n) is 6.68. The van der Waals surface area contributed by atoms with E-state index in [-0.39, 0.29) is 0 Å². The van der Waals surface area contributed by atoms with Crippen LogP contribution in [0.15, 0.2) is 0 Å². The molecule has 2 aliphatic carbocycles. The lowest BCUT2D eigenvalue weighted by atomic mass is 9.75. The Morgan fingerprint density at radius 1 is 0.933 bits per heavy atom. The molecule has 0 aromatic heterocycles. The molecule has 0 radical (unpaired) electrons. The van der Waals surface area contributed by atoms with Crippen LogP contribution in [0, 0.1) is 23.2 Å². The van der Waals surface area contributed by atoms with Crippen molar-refractivity contribution in [3.05, 3.63) is 0 Å². The molecule has 0 bridgehead atoms. The lowest BCUT2D eigenvalue weighted by molar-refractivity contribution is 0.127. The summed E-state index contributed by atoms with van der Waals surface area (Å²) in [7, 11) is 0. The second-order valence-electron chi connectivity index (χ2n) is 5.70. The van der Waals surface area contributed by atoms with Crippen molar-refractivity contribution in [3.63, 3.8) is 0 Å². The quantitative estimate of drug-likeness (QED) is 0.518. The van der Waals surface area contributed by atoms with Gasteiger partial charge in [-0.05, 0) is 37.5 Å². The van der Waals surface area contributed by atoms with Crippen LogP contribution in [-0.4, -0.2) is 23.8 Å². The van der Waals surface area contributed by atoms with E-state index < -0.39 is 0 Å². The van der Waals surface area contributed by atoms with Gasteiger partial charge in [-0.3, -0.25) is 5.41 Å². The number of likely N-dealkylation sites (tertiary alicyclic amines) is 1. The minimum atomic E-state index is 0.644. The van der Waals surface area contributed by atoms with Crippen molar-refractivity contribution in [2.24, 2.45) is 17.8 Å². The SMILES string of the molecule is N=C(C1CC1)N1CCC2CCCCC2C1. The van der Waals surface area contributed by atoms with E-state index in [1.165, 1.54) is 58.0 Å². The van der Waals surface area contributed by atoms with Crippen LogP contribution in [0.2, 0.25) is 0 Å². The van der Waals surface area contributed by atoms with Gasteiger partial charge in [-0.1, -0.05) is 19.3 Å². The third-order valence-electron chi connectivity index (χ3n) is 4.60. The van der Waals surface area contributed by atoms with Gasteiger partial charge in [0.2, 0.25) is 0 Å². The largest absolute Gasteiger partial charge is 0.360 e. The molecule has 0 aromatic rings. The van der Waals surface area contributed by atoms with E-state index in [1.54, 1.807) is 0 Å². The number of hydrogen-bond acceptors (Lipinski definition) is 1. The van der Waals surface area contributed by atoms with E-state index in [0.29, 0.717) is 5.92 Å². The molecular weight excluding hydrogens is 184 g/mol. The van der Waals surface area contributed by atoms with Crippen LogP contribution in [0.3, 0.4) is 0 Å². The van der Waals surface area contributed by atoms with Crippen molar-refractivity contribution in [2.75, 3.05) is 13.1 Å². The highest BCUT2D eigenvalue weighted by atomic mass is 15.2. The van der Waals surface area contributed by atoms with Crippen molar-refractivity contribution >= 4 is 5.84 Å². The monoisotopic (exact) mass is 206 g/mol. The maximum absolute atomic E-state index is 8.13. The molecule has 84 valence electrons. The fourth-order valence-corrected chi connectivity index (χ4v) is 3.43. The fourth-order valence-electron chi connectivity index (χ4n) is 3.43. The zero-order valence-electron chi connectivity index (χ0n) is 9.54. The van der Waals surface area contributed by atoms with Gasteiger partial charge in [-0.15, -0.1) is 0 Å². The summed E-state index contributed by atoms with van der Waals surface area (Å²) in [6.45, 7) is 2.39. The molecule has 2 saturated carbocycles. The Kier molecular flexibility index (Phi) is 2.45. The predicted molar refractivity (Wildman–Crippen MR) is 62.1 cm³/mol. The second kappa shape index (κ2) is 3.80. The number of piperidine rings is 1. The van der Waals surface area contributed by atoms with Crippen LogP contribution >= 0.6 is 0 Å². The van der Waals surface area contributed by atoms with E-state index in [1.807, 2.05) is 0 Å². The highest BCUT2D eigenvalue weighted by molar-refractivity contribution is 5.83. The Balaban J connectivity index is 1.61. The molecule has 15 heavy (non-hydrogen) atoms. The molecule has 0 spiro atoms. The minimum absolute atomic E-state index is 0.644. The van der Waals surface area contributed by atoms with E-state index in [9.17, 15) is 0 Å². The summed E-state index contributed by atoms with van der Waals surface area (Å²) < 4.78 is 0. The summed E-state index contributed by atoms with van der Waals surface area (Å²) in [6, 6.07) is 0. The molecule has 1 aliphatic heterocycles. The number of fused-ring (bicyclic) bond motifs is 1. The molecule has 0 aromatic carbocycles. The average molecular weight is 206 g/mol. The van der Waals surface area contributed by atoms with Crippen LogP contribution in [0.4, 0.5) is 0 Å². The highest BCUT2D eigenvalue weighted by Crippen LogP contribution is 2.38. The van der Waals surface area contributed by atoms with Crippen molar-refractivity contribution in [3.8, 4) is 0 Å². The van der Waals surface area contributed by atoms with E-state index in [2.05, 4.69) is 4.90 Å². The zero-order valence-corrected chi connectivity index (χ0v) is 9.54. The van der Waals surface area contributed by atoms with Gasteiger partial charge in [-0.2, -0.15) is 0 Å². The van der Waals surface area contributed by atoms with E-state index in [0.717, 1.165) is 17.7 Å². The molecule has 3 fully saturated rings. The number of amidine groups is 1. The molecule has 1 saturated heterocycles. The minimum Gasteiger partial charge on any atom is -0.360 e. The summed E-state index contributed by atoms with van der Waals surface area (Å²) in [5.74, 6) is 3.54. The third-order valence-corrected chi connectivity index (χ3v) is 4.60. The van der Waals surface area contributed by atoms with Crippen LogP contribution in [0.1, 0.15) is 44.9 Å². The molecule has 3 aliphatic rings. The third kappa shape index (κ3) is 1.91. The molecule has 1 N–H and O–H groups in total. The Morgan fingerprint density at radius 3 is 2.40 bits per heavy atom. The number of rotatable bonds is 1. The van der Waals surface area contributed by atoms with Gasteiger partial charge < -0.3 is 4.90 Å². The lowest BCUT2D eigenvalue weighted by Crippen LogP contribution is -2.45. The summed E-state index contributed by atoms with van der Waals surface area (Å²) in [6.07, 6.45) is 9.72. The molecule has 1 heterocycles. The number of nitrogens with zero attached hydrogens (tertiary/aromatic N) is 1. The highest BCUT2D eigenvalue weighted by Gasteiger charge is 2.36. The normalized spacial score (nSPS) is 36.1. The molecule has 2 unspecified atom stereocenters. The Hall–Kier alpha value is -0.530. The maximum atomic E-state index is 8.13. The van der Waals surface area contributed by atoms with Crippen LogP contribution in [0.25, 0.3) is 0 Å². The first kappa shape index (κ1) is 9.68. The van der Waals surface area contributed by atoms with Gasteiger partial charge in [0.25, 0.3) is 0 Å². The summed E-state index contributed by atoms with van der Waals surface area (Å²) >= 11 is 0. The molecule has 2 atom stereocenters. The van der Waals surface area contributed by atoms with Gasteiger partial charge in [0.05, 0.1) is 5.84 Å². The van der Waals surface area contributed by atoms with E-state index >= 15 is 0 Å². The predicted octanol–water partition coefficient (Wildman–Crippen LogP) is 2.89. The van der Waals surface area contributed by atoms with Crippen LogP contribution in [0.5, 0.6) is 0 Å². The summed E-state index contributed by atoms with van der Waals surface area (Å²) in [5.41, 5.74) is 0. The van der Waals surface area contributed by atoms with Gasteiger partial charge in [0.1, 0.15) is 0 Å². The smallest absolute Gasteiger partial charge is 0.0989 e. The Labute approximate surface area is 92.5 Å². The maximum Gasteiger partial charge on any atom is 0.0989 e. The van der Waals surface area contributed by atoms with Crippen molar-refractivity contribution in [1.29, 1.82) is 5.41 Å². The number of hydrogen-bond donors (Lipinski definition) is 1. The van der Waals surface area contributed by atoms with Gasteiger partial charge in [0, 0.05) is 19.0 Å². The zero-order chi connectivity index (χ0) is 10.3. The first-order valence-corrected chi connectivity index (χ1v) is 6.68. The van der Waals surface area contributed by atoms with Crippen LogP contribution < -0.4 is 0 Å². The lowest BCUT2D eigenvalue weighted by Gasteiger charge is -2.42.